The number of nitrogens with one attached hydrogen (secondary N) is 1. The summed E-state index contributed by atoms with van der Waals surface area (Å²) in [5, 5.41) is 2.74. The molecule has 0 aromatic rings. The smallest absolute Gasteiger partial charge is 0.302 e. The first-order valence-corrected chi connectivity index (χ1v) is 4.71. The molecular formula is C9H16N2O3. The fraction of sp³-hybridized carbons (Fsp3) is 0.778. The second kappa shape index (κ2) is 4.41. The molecule has 1 fully saturated rings. The number of esters is 1. The third-order valence-electron chi connectivity index (χ3n) is 2.36. The molecule has 1 saturated heterocycles. The minimum absolute atomic E-state index is 0.00664. The van der Waals surface area contributed by atoms with E-state index in [1.165, 1.54) is 6.92 Å². The van der Waals surface area contributed by atoms with E-state index in [1.807, 2.05) is 6.92 Å². The lowest BCUT2D eigenvalue weighted by molar-refractivity contribution is -0.142. The van der Waals surface area contributed by atoms with Crippen LogP contribution in [0.5, 0.6) is 0 Å². The van der Waals surface area contributed by atoms with Gasteiger partial charge in [0.25, 0.3) is 0 Å². The van der Waals surface area contributed by atoms with Crippen LogP contribution in [0, 0.1) is 5.92 Å². The highest BCUT2D eigenvalue weighted by Gasteiger charge is 2.41. The van der Waals surface area contributed by atoms with Gasteiger partial charge in [-0.15, -0.1) is 0 Å². The third-order valence-corrected chi connectivity index (χ3v) is 2.36. The van der Waals surface area contributed by atoms with Gasteiger partial charge in [-0.2, -0.15) is 0 Å². The largest absolute Gasteiger partial charge is 0.466 e. The van der Waals surface area contributed by atoms with Crippen LogP contribution < -0.4 is 11.1 Å². The Balaban J connectivity index is 2.26. The first-order chi connectivity index (χ1) is 6.52. The quantitative estimate of drug-likeness (QED) is 0.469. The van der Waals surface area contributed by atoms with E-state index in [4.69, 9.17) is 10.5 Å². The normalized spacial score (nSPS) is 27.5. The Kier molecular flexibility index (Phi) is 3.46. The Bertz CT molecular complexity index is 240. The van der Waals surface area contributed by atoms with E-state index in [1.54, 1.807) is 0 Å². The van der Waals surface area contributed by atoms with Crippen LogP contribution in [0.25, 0.3) is 0 Å². The molecule has 1 amide bonds. The number of amides is 1. The van der Waals surface area contributed by atoms with Gasteiger partial charge in [-0.1, -0.05) is 0 Å². The molecule has 1 rings (SSSR count). The van der Waals surface area contributed by atoms with Crippen LogP contribution in [0.15, 0.2) is 0 Å². The zero-order chi connectivity index (χ0) is 10.7. The van der Waals surface area contributed by atoms with Crippen molar-refractivity contribution in [1.82, 2.24) is 5.32 Å². The summed E-state index contributed by atoms with van der Waals surface area (Å²) >= 11 is 0. The average molecular weight is 200 g/mol. The average Bonchev–Trinajstić information content (AvgIpc) is 2.00. The molecule has 3 atom stereocenters. The monoisotopic (exact) mass is 200 g/mol. The fourth-order valence-electron chi connectivity index (χ4n) is 1.64. The van der Waals surface area contributed by atoms with Crippen LogP contribution in [0.4, 0.5) is 0 Å². The maximum Gasteiger partial charge on any atom is 0.302 e. The highest BCUT2D eigenvalue weighted by atomic mass is 16.5. The molecule has 1 aliphatic heterocycles. The minimum Gasteiger partial charge on any atom is -0.466 e. The molecule has 0 radical (unpaired) electrons. The Labute approximate surface area is 83.0 Å². The van der Waals surface area contributed by atoms with Crippen LogP contribution in [-0.4, -0.2) is 30.6 Å². The molecule has 0 saturated carbocycles. The molecule has 0 aromatic carbocycles. The number of β-lactam (4-membered cyclic amide) rings is 1. The lowest BCUT2D eigenvalue weighted by Gasteiger charge is -2.38. The van der Waals surface area contributed by atoms with E-state index in [0.717, 1.165) is 0 Å². The number of ether oxygens (including phenoxy) is 1. The number of hydrogen-bond donors (Lipinski definition) is 2. The summed E-state index contributed by atoms with van der Waals surface area (Å²) in [6, 6.07) is -0.0899. The van der Waals surface area contributed by atoms with Crippen molar-refractivity contribution in [2.24, 2.45) is 11.7 Å². The zero-order valence-corrected chi connectivity index (χ0v) is 8.45. The fourth-order valence-corrected chi connectivity index (χ4v) is 1.64. The first kappa shape index (κ1) is 11.0. The topological polar surface area (TPSA) is 81.4 Å². The maximum atomic E-state index is 11.1. The van der Waals surface area contributed by atoms with Crippen LogP contribution in [0.1, 0.15) is 20.3 Å². The van der Waals surface area contributed by atoms with E-state index >= 15 is 0 Å². The molecule has 0 spiro atoms. The standard InChI is InChI=1S/C9H16N2O3/c1-5(10)8-7(11-9(8)13)3-4-14-6(2)12/h5,7-8H,3-4,10H2,1-2H3,(H,11,13)/t5?,7-,8+/m0/s1. The SMILES string of the molecule is CC(=O)OCC[C@@H]1NC(=O)[C@@H]1C(C)N. The molecule has 0 bridgehead atoms. The lowest BCUT2D eigenvalue weighted by Crippen LogP contribution is -2.63. The van der Waals surface area contributed by atoms with Gasteiger partial charge in [0.05, 0.1) is 12.5 Å². The van der Waals surface area contributed by atoms with Crippen molar-refractivity contribution >= 4 is 11.9 Å². The second-order valence-electron chi connectivity index (χ2n) is 3.63. The van der Waals surface area contributed by atoms with E-state index < -0.39 is 0 Å². The second-order valence-corrected chi connectivity index (χ2v) is 3.63. The van der Waals surface area contributed by atoms with Crippen LogP contribution in [0.3, 0.4) is 0 Å². The molecule has 1 unspecified atom stereocenters. The molecule has 5 heteroatoms. The molecule has 0 aromatic heterocycles. The summed E-state index contributed by atoms with van der Waals surface area (Å²) in [7, 11) is 0. The summed E-state index contributed by atoms with van der Waals surface area (Å²) in [6.07, 6.45) is 0.636. The van der Waals surface area contributed by atoms with Crippen molar-refractivity contribution in [2.75, 3.05) is 6.61 Å². The number of rotatable bonds is 4. The van der Waals surface area contributed by atoms with Crippen molar-refractivity contribution in [3.8, 4) is 0 Å². The Morgan fingerprint density at radius 2 is 2.36 bits per heavy atom. The molecule has 5 nitrogen and oxygen atoms in total. The molecular weight excluding hydrogens is 184 g/mol. The predicted octanol–water partition coefficient (Wildman–Crippen LogP) is -0.599. The zero-order valence-electron chi connectivity index (χ0n) is 8.45. The van der Waals surface area contributed by atoms with Gasteiger partial charge in [0.15, 0.2) is 0 Å². The number of nitrogens with two attached hydrogens (primary N) is 1. The molecule has 80 valence electrons. The Hall–Kier alpha value is -1.10. The van der Waals surface area contributed by atoms with E-state index in [-0.39, 0.29) is 29.9 Å². The number of carbonyl (C=O) groups is 2. The van der Waals surface area contributed by atoms with Crippen molar-refractivity contribution in [2.45, 2.75) is 32.4 Å². The van der Waals surface area contributed by atoms with Crippen molar-refractivity contribution in [1.29, 1.82) is 0 Å². The maximum absolute atomic E-state index is 11.1. The summed E-state index contributed by atoms with van der Waals surface area (Å²) in [5.41, 5.74) is 5.64. The predicted molar refractivity (Wildman–Crippen MR) is 50.3 cm³/mol. The van der Waals surface area contributed by atoms with E-state index in [2.05, 4.69) is 5.32 Å². The van der Waals surface area contributed by atoms with Gasteiger partial charge in [0.2, 0.25) is 5.91 Å². The number of carbonyl (C=O) groups excluding carboxylic acids is 2. The van der Waals surface area contributed by atoms with Crippen molar-refractivity contribution in [3.63, 3.8) is 0 Å². The van der Waals surface area contributed by atoms with Gasteiger partial charge >= 0.3 is 5.97 Å². The summed E-state index contributed by atoms with van der Waals surface area (Å²) in [6.45, 7) is 3.51. The molecule has 1 aliphatic rings. The van der Waals surface area contributed by atoms with Gasteiger partial charge in [0, 0.05) is 25.4 Å². The molecule has 14 heavy (non-hydrogen) atoms. The Morgan fingerprint density at radius 1 is 1.71 bits per heavy atom. The van der Waals surface area contributed by atoms with Crippen LogP contribution >= 0.6 is 0 Å². The van der Waals surface area contributed by atoms with E-state index in [9.17, 15) is 9.59 Å². The van der Waals surface area contributed by atoms with E-state index in [0.29, 0.717) is 13.0 Å². The molecule has 3 N–H and O–H groups in total. The third kappa shape index (κ3) is 2.45. The first-order valence-electron chi connectivity index (χ1n) is 4.71. The van der Waals surface area contributed by atoms with Crippen molar-refractivity contribution in [3.05, 3.63) is 0 Å². The number of hydrogen-bond acceptors (Lipinski definition) is 4. The highest BCUT2D eigenvalue weighted by Crippen LogP contribution is 2.20. The van der Waals surface area contributed by atoms with Gasteiger partial charge in [0.1, 0.15) is 0 Å². The van der Waals surface area contributed by atoms with Gasteiger partial charge in [-0.3, -0.25) is 9.59 Å². The highest BCUT2D eigenvalue weighted by molar-refractivity contribution is 5.86. The lowest BCUT2D eigenvalue weighted by atomic mass is 9.83. The van der Waals surface area contributed by atoms with Gasteiger partial charge < -0.3 is 15.8 Å². The summed E-state index contributed by atoms with van der Waals surface area (Å²) < 4.78 is 4.78. The van der Waals surface area contributed by atoms with Gasteiger partial charge in [-0.05, 0) is 6.92 Å². The summed E-state index contributed by atoms with van der Waals surface area (Å²) in [5.74, 6) is -0.439. The molecule has 0 aliphatic carbocycles. The molecule has 1 heterocycles. The van der Waals surface area contributed by atoms with Crippen LogP contribution in [-0.2, 0) is 14.3 Å². The summed E-state index contributed by atoms with van der Waals surface area (Å²) in [4.78, 5) is 21.6. The van der Waals surface area contributed by atoms with Crippen LogP contribution in [0.2, 0.25) is 0 Å². The van der Waals surface area contributed by atoms with Gasteiger partial charge in [-0.25, -0.2) is 0 Å². The Morgan fingerprint density at radius 3 is 2.79 bits per heavy atom. The van der Waals surface area contributed by atoms with Crippen molar-refractivity contribution < 1.29 is 14.3 Å². The minimum atomic E-state index is -0.298.